The monoisotopic (exact) mass is 823 g/mol. The van der Waals surface area contributed by atoms with Gasteiger partial charge in [0, 0.05) is 32.2 Å². The third-order valence-corrected chi connectivity index (χ3v) is 14.0. The number of amides is 3. The molecule has 4 aromatic heterocycles. The molecule has 0 unspecified atom stereocenters. The first-order chi connectivity index (χ1) is 27.9. The molecule has 6 heterocycles. The number of aromatic nitrogens is 4. The smallest absolute Gasteiger partial charge is 0.407 e. The van der Waals surface area contributed by atoms with Crippen molar-refractivity contribution in [1.82, 2.24) is 35.1 Å². The van der Waals surface area contributed by atoms with Gasteiger partial charge in [-0.25, -0.2) is 14.8 Å². The maximum atomic E-state index is 13.7. The number of likely N-dealkylation sites (tertiary alicyclic amines) is 2. The van der Waals surface area contributed by atoms with E-state index in [1.54, 1.807) is 22.7 Å². The number of nitrogens with zero attached hydrogens (tertiary/aromatic N) is 4. The van der Waals surface area contributed by atoms with Gasteiger partial charge in [-0.1, -0.05) is 39.8 Å². The van der Waals surface area contributed by atoms with E-state index in [4.69, 9.17) is 19.4 Å². The van der Waals surface area contributed by atoms with Gasteiger partial charge in [0.25, 0.3) is 0 Å². The van der Waals surface area contributed by atoms with E-state index < -0.39 is 18.1 Å². The zero-order valence-corrected chi connectivity index (χ0v) is 35.2. The summed E-state index contributed by atoms with van der Waals surface area (Å²) in [6, 6.07) is 16.0. The molecular weight excluding hydrogens is 775 g/mol. The molecule has 58 heavy (non-hydrogen) atoms. The third-order valence-electron chi connectivity index (χ3n) is 11.6. The van der Waals surface area contributed by atoms with Crippen LogP contribution >= 0.6 is 22.7 Å². The minimum Gasteiger partial charge on any atom is -0.469 e. The summed E-state index contributed by atoms with van der Waals surface area (Å²) in [6.45, 7) is 9.01. The average Bonchev–Trinajstić information content (AvgIpc) is 4.06. The van der Waals surface area contributed by atoms with Crippen LogP contribution in [0.1, 0.15) is 83.5 Å². The SMILES string of the molecule is COC(=O)C[C@H](C(=O)N1CCC[C@H]1c1nc2ccc(-c3cc4sc(-c5ccc6nc([C@@H]7CCCN7C(=O)[C@@H](NC(=O)OC)C(C)C)[nH]c6c5)cc4s3)cc2[nH]1)C(C)C. The van der Waals surface area contributed by atoms with Gasteiger partial charge in [-0.15, -0.1) is 22.7 Å². The molecular formula is C43H49N7O6S2. The maximum absolute atomic E-state index is 13.7. The number of imidazole rings is 2. The molecule has 0 saturated carbocycles. The van der Waals surface area contributed by atoms with E-state index in [-0.39, 0.29) is 48.1 Å². The van der Waals surface area contributed by atoms with Gasteiger partial charge in [0.15, 0.2) is 0 Å². The van der Waals surface area contributed by atoms with Gasteiger partial charge in [0.2, 0.25) is 11.8 Å². The molecule has 8 rings (SSSR count). The van der Waals surface area contributed by atoms with Crippen LogP contribution in [0.5, 0.6) is 0 Å². The highest BCUT2D eigenvalue weighted by atomic mass is 32.1. The highest BCUT2D eigenvalue weighted by Crippen LogP contribution is 2.43. The molecule has 2 saturated heterocycles. The van der Waals surface area contributed by atoms with Crippen molar-refractivity contribution in [3.63, 3.8) is 0 Å². The number of H-pyrrole nitrogens is 2. The van der Waals surface area contributed by atoms with Gasteiger partial charge in [0.1, 0.15) is 17.7 Å². The van der Waals surface area contributed by atoms with Crippen molar-refractivity contribution < 1.29 is 28.7 Å². The van der Waals surface area contributed by atoms with Crippen molar-refractivity contribution >= 4 is 78.0 Å². The molecule has 6 aromatic rings. The molecule has 0 spiro atoms. The van der Waals surface area contributed by atoms with Crippen molar-refractivity contribution in [2.75, 3.05) is 27.3 Å². The van der Waals surface area contributed by atoms with Crippen LogP contribution in [0.15, 0.2) is 48.5 Å². The zero-order valence-electron chi connectivity index (χ0n) is 33.6. The molecule has 15 heteroatoms. The second-order valence-corrected chi connectivity index (χ2v) is 18.2. The molecule has 2 aromatic carbocycles. The van der Waals surface area contributed by atoms with E-state index in [2.05, 4.69) is 51.7 Å². The van der Waals surface area contributed by atoms with Crippen molar-refractivity contribution in [3.05, 3.63) is 60.2 Å². The van der Waals surface area contributed by atoms with Gasteiger partial charge in [-0.05, 0) is 85.0 Å². The number of carbonyl (C=O) groups excluding carboxylic acids is 4. The van der Waals surface area contributed by atoms with E-state index in [0.29, 0.717) is 13.1 Å². The van der Waals surface area contributed by atoms with Gasteiger partial charge < -0.3 is 34.6 Å². The van der Waals surface area contributed by atoms with Crippen LogP contribution < -0.4 is 5.32 Å². The molecule has 3 N–H and O–H groups in total. The predicted molar refractivity (Wildman–Crippen MR) is 226 cm³/mol. The first-order valence-electron chi connectivity index (χ1n) is 20.0. The highest BCUT2D eigenvalue weighted by molar-refractivity contribution is 7.31. The number of methoxy groups -OCH3 is 2. The minimum atomic E-state index is -0.685. The normalized spacial score (nSPS) is 18.2. The summed E-state index contributed by atoms with van der Waals surface area (Å²) in [5.41, 5.74) is 5.73. The molecule has 2 aliphatic heterocycles. The number of ether oxygens (including phenoxy) is 2. The summed E-state index contributed by atoms with van der Waals surface area (Å²) in [5.74, 6) is 0.474. The van der Waals surface area contributed by atoms with Crippen molar-refractivity contribution in [2.45, 2.75) is 77.9 Å². The fourth-order valence-corrected chi connectivity index (χ4v) is 10.8. The second-order valence-electron chi connectivity index (χ2n) is 16.0. The number of alkyl carbamates (subject to hydrolysis) is 1. The Balaban J connectivity index is 0.987. The Morgan fingerprint density at radius 2 is 1.26 bits per heavy atom. The Bertz CT molecular complexity index is 2320. The van der Waals surface area contributed by atoms with Crippen LogP contribution in [0.3, 0.4) is 0 Å². The quantitative estimate of drug-likeness (QED) is 0.110. The predicted octanol–water partition coefficient (Wildman–Crippen LogP) is 8.59. The van der Waals surface area contributed by atoms with Crippen LogP contribution in [0.2, 0.25) is 0 Å². The Morgan fingerprint density at radius 3 is 1.72 bits per heavy atom. The molecule has 0 aliphatic carbocycles. The van der Waals surface area contributed by atoms with Gasteiger partial charge in [-0.2, -0.15) is 0 Å². The number of hydrogen-bond acceptors (Lipinski definition) is 10. The van der Waals surface area contributed by atoms with E-state index in [1.807, 2.05) is 49.6 Å². The summed E-state index contributed by atoms with van der Waals surface area (Å²) in [4.78, 5) is 74.4. The minimum absolute atomic E-state index is 0.00690. The van der Waals surface area contributed by atoms with Crippen LogP contribution in [0.25, 0.3) is 52.3 Å². The Kier molecular flexibility index (Phi) is 11.0. The first-order valence-corrected chi connectivity index (χ1v) is 21.6. The topological polar surface area (TPSA) is 163 Å². The first kappa shape index (κ1) is 39.5. The van der Waals surface area contributed by atoms with Crippen LogP contribution in [-0.2, 0) is 23.9 Å². The maximum Gasteiger partial charge on any atom is 0.407 e. The second kappa shape index (κ2) is 16.2. The number of carbonyl (C=O) groups is 4. The largest absolute Gasteiger partial charge is 0.469 e. The average molecular weight is 824 g/mol. The number of esters is 1. The fourth-order valence-electron chi connectivity index (χ4n) is 8.39. The Hall–Kier alpha value is -5.28. The lowest BCUT2D eigenvalue weighted by Gasteiger charge is -2.29. The lowest BCUT2D eigenvalue weighted by atomic mass is 9.91. The van der Waals surface area contributed by atoms with Gasteiger partial charge >= 0.3 is 12.1 Å². The third kappa shape index (κ3) is 7.57. The molecule has 0 bridgehead atoms. The zero-order chi connectivity index (χ0) is 40.8. The van der Waals surface area contributed by atoms with Crippen molar-refractivity contribution in [2.24, 2.45) is 17.8 Å². The highest BCUT2D eigenvalue weighted by Gasteiger charge is 2.39. The number of thiophene rings is 2. The summed E-state index contributed by atoms with van der Waals surface area (Å²) in [5, 5.41) is 2.71. The molecule has 13 nitrogen and oxygen atoms in total. The molecule has 304 valence electrons. The summed E-state index contributed by atoms with van der Waals surface area (Å²) >= 11 is 3.51. The standard InChI is InChI=1S/C43H49N7O6S2/c1-22(2)26(19-37(51)55-5)41(52)49-15-7-9-31(49)39-44-27-13-11-24(17-29(27)46-39)33-20-35-36(57-33)21-34(58-35)25-12-14-28-30(18-25)47-40(45-28)32-10-8-16-50(32)42(53)38(23(3)4)48-43(54)56-6/h11-14,17-18,20-23,26,31-32,38H,7-10,15-16,19H2,1-6H3,(H,44,46)(H,45,47)(H,48,54)/t26-,31-,32-,38-/m0/s1. The van der Waals surface area contributed by atoms with Gasteiger partial charge in [-0.3, -0.25) is 14.4 Å². The summed E-state index contributed by atoms with van der Waals surface area (Å²) < 4.78 is 12.1. The van der Waals surface area contributed by atoms with Crippen LogP contribution in [0, 0.1) is 17.8 Å². The number of nitrogens with one attached hydrogen (secondary N) is 3. The molecule has 2 fully saturated rings. The molecule has 0 radical (unpaired) electrons. The van der Waals surface area contributed by atoms with Crippen LogP contribution in [-0.4, -0.2) is 87.0 Å². The van der Waals surface area contributed by atoms with Crippen molar-refractivity contribution in [3.8, 4) is 20.9 Å². The summed E-state index contributed by atoms with van der Waals surface area (Å²) in [7, 11) is 2.66. The fraction of sp³-hybridized carbons (Fsp3) is 0.442. The molecule has 3 amide bonds. The molecule has 2 aliphatic rings. The van der Waals surface area contributed by atoms with Crippen LogP contribution in [0.4, 0.5) is 4.79 Å². The lowest BCUT2D eigenvalue weighted by molar-refractivity contribution is -0.148. The molecule has 4 atom stereocenters. The number of benzene rings is 2. The lowest BCUT2D eigenvalue weighted by Crippen LogP contribution is -2.51. The van der Waals surface area contributed by atoms with E-state index in [0.717, 1.165) is 80.3 Å². The van der Waals surface area contributed by atoms with Gasteiger partial charge in [0.05, 0.1) is 60.7 Å². The Morgan fingerprint density at radius 1 is 0.741 bits per heavy atom. The van der Waals surface area contributed by atoms with E-state index >= 15 is 0 Å². The van der Waals surface area contributed by atoms with E-state index in [9.17, 15) is 19.2 Å². The van der Waals surface area contributed by atoms with Crippen molar-refractivity contribution in [1.29, 1.82) is 0 Å². The number of rotatable bonds is 11. The van der Waals surface area contributed by atoms with E-state index in [1.165, 1.54) is 23.6 Å². The number of hydrogen-bond donors (Lipinski definition) is 3. The summed E-state index contributed by atoms with van der Waals surface area (Å²) in [6.07, 6.45) is 2.80. The Labute approximate surface area is 344 Å². The number of aromatic amines is 2. The number of fused-ring (bicyclic) bond motifs is 3.